The van der Waals surface area contributed by atoms with E-state index in [9.17, 15) is 9.59 Å². The number of benzene rings is 2. The van der Waals surface area contributed by atoms with Crippen LogP contribution in [0.1, 0.15) is 22.4 Å². The van der Waals surface area contributed by atoms with E-state index in [0.717, 1.165) is 36.3 Å². The number of hydrogen-bond acceptors (Lipinski definition) is 5. The molecule has 1 aromatic heterocycles. The molecule has 0 unspecified atom stereocenters. The Morgan fingerprint density at radius 1 is 1.13 bits per heavy atom. The fourth-order valence-corrected chi connectivity index (χ4v) is 4.33. The average Bonchev–Trinajstić information content (AvgIpc) is 2.78. The van der Waals surface area contributed by atoms with E-state index >= 15 is 0 Å². The standard InChI is InChI=1S/C23H23ClN4O2S/c24-18-8-6-16(7-9-18)12-25-21(29)15-31-23-26-20-10-11-28(14-19(20)22(30)27-23)13-17-4-2-1-3-5-17/h1-9H,10-15H2,(H,25,29)(H,26,27,30). The van der Waals surface area contributed by atoms with E-state index in [0.29, 0.717) is 23.3 Å². The summed E-state index contributed by atoms with van der Waals surface area (Å²) in [5.74, 6) is 0.0736. The molecule has 1 aliphatic heterocycles. The van der Waals surface area contributed by atoms with Gasteiger partial charge in [0.1, 0.15) is 0 Å². The van der Waals surface area contributed by atoms with Gasteiger partial charge in [-0.2, -0.15) is 0 Å². The lowest BCUT2D eigenvalue weighted by Crippen LogP contribution is -2.35. The lowest BCUT2D eigenvalue weighted by Gasteiger charge is -2.27. The van der Waals surface area contributed by atoms with E-state index in [2.05, 4.69) is 32.3 Å². The van der Waals surface area contributed by atoms with Gasteiger partial charge in [-0.15, -0.1) is 0 Å². The number of rotatable bonds is 7. The lowest BCUT2D eigenvalue weighted by atomic mass is 10.1. The van der Waals surface area contributed by atoms with Crippen molar-refractivity contribution >= 4 is 29.3 Å². The Balaban J connectivity index is 1.31. The monoisotopic (exact) mass is 454 g/mol. The second kappa shape index (κ2) is 10.1. The van der Waals surface area contributed by atoms with Crippen LogP contribution in [0.4, 0.5) is 0 Å². The number of halogens is 1. The van der Waals surface area contributed by atoms with Gasteiger partial charge in [0.05, 0.1) is 17.0 Å². The molecule has 4 rings (SSSR count). The third kappa shape index (κ3) is 5.97. The van der Waals surface area contributed by atoms with Crippen LogP contribution in [0.25, 0.3) is 0 Å². The number of amides is 1. The van der Waals surface area contributed by atoms with Gasteiger partial charge in [0.15, 0.2) is 5.16 Å². The molecular weight excluding hydrogens is 432 g/mol. The maximum Gasteiger partial charge on any atom is 0.256 e. The minimum Gasteiger partial charge on any atom is -0.351 e. The summed E-state index contributed by atoms with van der Waals surface area (Å²) >= 11 is 7.11. The van der Waals surface area contributed by atoms with E-state index in [1.165, 1.54) is 17.3 Å². The summed E-state index contributed by atoms with van der Waals surface area (Å²) in [6.45, 7) is 2.68. The number of hydrogen-bond donors (Lipinski definition) is 2. The van der Waals surface area contributed by atoms with Gasteiger partial charge < -0.3 is 10.3 Å². The zero-order chi connectivity index (χ0) is 21.6. The molecule has 2 N–H and O–H groups in total. The Kier molecular flexibility index (Phi) is 7.06. The second-order valence-corrected chi connectivity index (χ2v) is 8.83. The van der Waals surface area contributed by atoms with Crippen molar-refractivity contribution in [1.82, 2.24) is 20.2 Å². The largest absolute Gasteiger partial charge is 0.351 e. The number of aromatic amines is 1. The van der Waals surface area contributed by atoms with Crippen molar-refractivity contribution in [2.24, 2.45) is 0 Å². The minimum atomic E-state index is -0.119. The molecule has 0 saturated heterocycles. The molecular formula is C23H23ClN4O2S. The molecule has 6 nitrogen and oxygen atoms in total. The van der Waals surface area contributed by atoms with Crippen LogP contribution in [-0.2, 0) is 30.8 Å². The summed E-state index contributed by atoms with van der Waals surface area (Å²) in [5.41, 5.74) is 3.64. The molecule has 3 aromatic rings. The summed E-state index contributed by atoms with van der Waals surface area (Å²) in [6, 6.07) is 17.6. The van der Waals surface area contributed by atoms with Crippen LogP contribution in [-0.4, -0.2) is 33.1 Å². The third-order valence-electron chi connectivity index (χ3n) is 5.12. The van der Waals surface area contributed by atoms with Crippen LogP contribution >= 0.6 is 23.4 Å². The maximum atomic E-state index is 12.6. The first kappa shape index (κ1) is 21.6. The molecule has 0 atom stereocenters. The van der Waals surface area contributed by atoms with Gasteiger partial charge in [-0.25, -0.2) is 4.98 Å². The molecule has 1 amide bonds. The number of thioether (sulfide) groups is 1. The average molecular weight is 455 g/mol. The molecule has 0 spiro atoms. The van der Waals surface area contributed by atoms with Crippen molar-refractivity contribution in [2.45, 2.75) is 31.2 Å². The van der Waals surface area contributed by atoms with E-state index < -0.39 is 0 Å². The SMILES string of the molecule is O=C(CSc1nc2c(c(=O)[nH]1)CN(Cc1ccccc1)CC2)NCc1ccc(Cl)cc1. The Hall–Kier alpha value is -2.61. The van der Waals surface area contributed by atoms with E-state index in [4.69, 9.17) is 11.6 Å². The van der Waals surface area contributed by atoms with E-state index in [-0.39, 0.29) is 17.2 Å². The molecule has 160 valence electrons. The van der Waals surface area contributed by atoms with Crippen molar-refractivity contribution < 1.29 is 4.79 Å². The number of carbonyl (C=O) groups excluding carboxylic acids is 1. The number of nitrogens with zero attached hydrogens (tertiary/aromatic N) is 2. The number of nitrogens with one attached hydrogen (secondary N) is 2. The number of H-pyrrole nitrogens is 1. The molecule has 0 radical (unpaired) electrons. The summed E-state index contributed by atoms with van der Waals surface area (Å²) < 4.78 is 0. The fourth-order valence-electron chi connectivity index (χ4n) is 3.49. The quantitative estimate of drug-likeness (QED) is 0.422. The third-order valence-corrected chi connectivity index (χ3v) is 6.24. The normalized spacial score (nSPS) is 13.6. The summed E-state index contributed by atoms with van der Waals surface area (Å²) in [7, 11) is 0. The van der Waals surface area contributed by atoms with Crippen molar-refractivity contribution in [3.05, 3.63) is 92.4 Å². The van der Waals surface area contributed by atoms with Crippen LogP contribution in [0, 0.1) is 0 Å². The topological polar surface area (TPSA) is 78.1 Å². The Bertz CT molecular complexity index is 1100. The molecule has 0 saturated carbocycles. The van der Waals surface area contributed by atoms with Crippen LogP contribution in [0.2, 0.25) is 5.02 Å². The molecule has 0 fully saturated rings. The van der Waals surface area contributed by atoms with Crippen molar-refractivity contribution in [1.29, 1.82) is 0 Å². The van der Waals surface area contributed by atoms with Crippen LogP contribution in [0.5, 0.6) is 0 Å². The lowest BCUT2D eigenvalue weighted by molar-refractivity contribution is -0.118. The zero-order valence-electron chi connectivity index (χ0n) is 16.9. The van der Waals surface area contributed by atoms with Crippen LogP contribution in [0.15, 0.2) is 64.5 Å². The first-order valence-corrected chi connectivity index (χ1v) is 11.5. The summed E-state index contributed by atoms with van der Waals surface area (Å²) in [4.78, 5) is 34.5. The van der Waals surface area contributed by atoms with Crippen molar-refractivity contribution in [3.63, 3.8) is 0 Å². The van der Waals surface area contributed by atoms with Crippen molar-refractivity contribution in [3.8, 4) is 0 Å². The Morgan fingerprint density at radius 2 is 1.90 bits per heavy atom. The second-order valence-electron chi connectivity index (χ2n) is 7.43. The number of carbonyl (C=O) groups is 1. The first-order chi connectivity index (χ1) is 15.1. The minimum absolute atomic E-state index is 0.116. The molecule has 2 heterocycles. The zero-order valence-corrected chi connectivity index (χ0v) is 18.5. The van der Waals surface area contributed by atoms with Gasteiger partial charge in [-0.1, -0.05) is 65.8 Å². The summed E-state index contributed by atoms with van der Waals surface area (Å²) in [6.07, 6.45) is 0.725. The summed E-state index contributed by atoms with van der Waals surface area (Å²) in [5, 5.41) is 4.02. The van der Waals surface area contributed by atoms with Crippen LogP contribution in [0.3, 0.4) is 0 Å². The van der Waals surface area contributed by atoms with Gasteiger partial charge in [0, 0.05) is 37.6 Å². The molecule has 0 aliphatic carbocycles. The first-order valence-electron chi connectivity index (χ1n) is 10.1. The fraction of sp³-hybridized carbons (Fsp3) is 0.261. The van der Waals surface area contributed by atoms with E-state index in [1.807, 2.05) is 30.3 Å². The van der Waals surface area contributed by atoms with Gasteiger partial charge >= 0.3 is 0 Å². The van der Waals surface area contributed by atoms with Gasteiger partial charge in [-0.05, 0) is 23.3 Å². The predicted octanol–water partition coefficient (Wildman–Crippen LogP) is 3.39. The molecule has 1 aliphatic rings. The smallest absolute Gasteiger partial charge is 0.256 e. The molecule has 0 bridgehead atoms. The number of fused-ring (bicyclic) bond motifs is 1. The maximum absolute atomic E-state index is 12.6. The highest BCUT2D eigenvalue weighted by Crippen LogP contribution is 2.19. The van der Waals surface area contributed by atoms with Gasteiger partial charge in [0.25, 0.3) is 5.56 Å². The number of aromatic nitrogens is 2. The Morgan fingerprint density at radius 3 is 2.68 bits per heavy atom. The highest BCUT2D eigenvalue weighted by atomic mass is 35.5. The highest BCUT2D eigenvalue weighted by Gasteiger charge is 2.21. The van der Waals surface area contributed by atoms with Crippen LogP contribution < -0.4 is 10.9 Å². The van der Waals surface area contributed by atoms with Crippen molar-refractivity contribution in [2.75, 3.05) is 12.3 Å². The molecule has 31 heavy (non-hydrogen) atoms. The van der Waals surface area contributed by atoms with Gasteiger partial charge in [-0.3, -0.25) is 14.5 Å². The highest BCUT2D eigenvalue weighted by molar-refractivity contribution is 7.99. The molecule has 8 heteroatoms. The Labute approximate surface area is 190 Å². The molecule has 2 aromatic carbocycles. The predicted molar refractivity (Wildman–Crippen MR) is 123 cm³/mol. The van der Waals surface area contributed by atoms with E-state index in [1.54, 1.807) is 12.1 Å². The van der Waals surface area contributed by atoms with Gasteiger partial charge in [0.2, 0.25) is 5.91 Å².